The predicted molar refractivity (Wildman–Crippen MR) is 51.9 cm³/mol. The Morgan fingerprint density at radius 3 is 2.08 bits per heavy atom. The van der Waals surface area contributed by atoms with E-state index in [-0.39, 0.29) is 0 Å². The highest BCUT2D eigenvalue weighted by atomic mass is 14.6. The molecule has 0 radical (unpaired) electrons. The van der Waals surface area contributed by atoms with Gasteiger partial charge in [0.15, 0.2) is 0 Å². The number of rotatable bonds is 1. The molecule has 2 aliphatic rings. The second-order valence-corrected chi connectivity index (χ2v) is 4.92. The molecule has 1 heteroatoms. The Hall–Kier alpha value is -0.0400. The van der Waals surface area contributed by atoms with Gasteiger partial charge >= 0.3 is 0 Å². The lowest BCUT2D eigenvalue weighted by molar-refractivity contribution is 0.0427. The molecule has 12 heavy (non-hydrogen) atoms. The normalized spacial score (nSPS) is 29.8. The van der Waals surface area contributed by atoms with Crippen LogP contribution in [0.15, 0.2) is 0 Å². The zero-order chi connectivity index (χ0) is 8.44. The SMILES string of the molecule is NCC1CC2(CCCCCC2)C1. The van der Waals surface area contributed by atoms with Crippen molar-refractivity contribution in [3.05, 3.63) is 0 Å². The largest absolute Gasteiger partial charge is 0.330 e. The minimum absolute atomic E-state index is 0.778. The first-order valence-electron chi connectivity index (χ1n) is 5.55. The molecule has 0 aliphatic heterocycles. The van der Waals surface area contributed by atoms with E-state index in [9.17, 15) is 0 Å². The molecule has 2 N–H and O–H groups in total. The zero-order valence-electron chi connectivity index (χ0n) is 8.02. The molecule has 0 aromatic rings. The lowest BCUT2D eigenvalue weighted by atomic mass is 9.58. The Bertz CT molecular complexity index is 137. The van der Waals surface area contributed by atoms with E-state index in [1.165, 1.54) is 51.4 Å². The van der Waals surface area contributed by atoms with E-state index >= 15 is 0 Å². The lowest BCUT2D eigenvalue weighted by Crippen LogP contribution is -2.40. The van der Waals surface area contributed by atoms with Crippen molar-refractivity contribution in [2.45, 2.75) is 51.4 Å². The van der Waals surface area contributed by atoms with Gasteiger partial charge in [0, 0.05) is 0 Å². The molecular formula is C11H21N. The van der Waals surface area contributed by atoms with Crippen LogP contribution in [0.4, 0.5) is 0 Å². The van der Waals surface area contributed by atoms with Gasteiger partial charge in [-0.2, -0.15) is 0 Å². The summed E-state index contributed by atoms with van der Waals surface area (Å²) in [6.45, 7) is 0.932. The van der Waals surface area contributed by atoms with Gasteiger partial charge in [-0.3, -0.25) is 0 Å². The average Bonchev–Trinajstić information content (AvgIpc) is 2.25. The van der Waals surface area contributed by atoms with Crippen LogP contribution >= 0.6 is 0 Å². The van der Waals surface area contributed by atoms with Gasteiger partial charge in [-0.1, -0.05) is 25.7 Å². The van der Waals surface area contributed by atoms with Crippen LogP contribution in [0.5, 0.6) is 0 Å². The lowest BCUT2D eigenvalue weighted by Gasteiger charge is -2.47. The third kappa shape index (κ3) is 1.52. The molecule has 0 aromatic heterocycles. The molecule has 0 heterocycles. The molecule has 70 valence electrons. The Morgan fingerprint density at radius 1 is 1.00 bits per heavy atom. The van der Waals surface area contributed by atoms with Crippen molar-refractivity contribution >= 4 is 0 Å². The van der Waals surface area contributed by atoms with Crippen molar-refractivity contribution < 1.29 is 0 Å². The first-order chi connectivity index (χ1) is 5.85. The predicted octanol–water partition coefficient (Wildman–Crippen LogP) is 2.70. The molecule has 0 bridgehead atoms. The average molecular weight is 167 g/mol. The topological polar surface area (TPSA) is 26.0 Å². The molecule has 0 unspecified atom stereocenters. The number of hydrogen-bond acceptors (Lipinski definition) is 1. The third-order valence-corrected chi connectivity index (χ3v) is 3.94. The Morgan fingerprint density at radius 2 is 1.58 bits per heavy atom. The van der Waals surface area contributed by atoms with E-state index in [0.29, 0.717) is 0 Å². The van der Waals surface area contributed by atoms with Gasteiger partial charge in [0.1, 0.15) is 0 Å². The summed E-state index contributed by atoms with van der Waals surface area (Å²) in [6.07, 6.45) is 11.8. The van der Waals surface area contributed by atoms with Crippen LogP contribution in [0, 0.1) is 11.3 Å². The summed E-state index contributed by atoms with van der Waals surface area (Å²) in [5.74, 6) is 0.878. The second-order valence-electron chi connectivity index (χ2n) is 4.92. The summed E-state index contributed by atoms with van der Waals surface area (Å²) >= 11 is 0. The van der Waals surface area contributed by atoms with Crippen LogP contribution in [0.1, 0.15) is 51.4 Å². The van der Waals surface area contributed by atoms with Crippen molar-refractivity contribution in [1.29, 1.82) is 0 Å². The fourth-order valence-electron chi connectivity index (χ4n) is 3.22. The maximum absolute atomic E-state index is 5.66. The van der Waals surface area contributed by atoms with Crippen molar-refractivity contribution in [1.82, 2.24) is 0 Å². The zero-order valence-corrected chi connectivity index (χ0v) is 8.02. The third-order valence-electron chi connectivity index (χ3n) is 3.94. The number of hydrogen-bond donors (Lipinski definition) is 1. The van der Waals surface area contributed by atoms with Crippen LogP contribution in [-0.2, 0) is 0 Å². The summed E-state index contributed by atoms with van der Waals surface area (Å²) in [7, 11) is 0. The van der Waals surface area contributed by atoms with Crippen LogP contribution < -0.4 is 5.73 Å². The van der Waals surface area contributed by atoms with Crippen LogP contribution in [0.25, 0.3) is 0 Å². The molecule has 2 fully saturated rings. The monoisotopic (exact) mass is 167 g/mol. The molecular weight excluding hydrogens is 146 g/mol. The van der Waals surface area contributed by atoms with E-state index in [1.54, 1.807) is 0 Å². The molecule has 0 atom stereocenters. The summed E-state index contributed by atoms with van der Waals surface area (Å²) in [6, 6.07) is 0. The molecule has 2 rings (SSSR count). The van der Waals surface area contributed by atoms with Gasteiger partial charge in [-0.15, -0.1) is 0 Å². The smallest absolute Gasteiger partial charge is 0.00485 e. The molecule has 2 saturated carbocycles. The van der Waals surface area contributed by atoms with Gasteiger partial charge in [0.25, 0.3) is 0 Å². The van der Waals surface area contributed by atoms with Gasteiger partial charge in [-0.25, -0.2) is 0 Å². The van der Waals surface area contributed by atoms with E-state index in [4.69, 9.17) is 5.73 Å². The summed E-state index contributed by atoms with van der Waals surface area (Å²) < 4.78 is 0. The quantitative estimate of drug-likeness (QED) is 0.638. The Labute approximate surface area is 75.7 Å². The maximum Gasteiger partial charge on any atom is -0.00485 e. The van der Waals surface area contributed by atoms with E-state index < -0.39 is 0 Å². The first kappa shape index (κ1) is 8.55. The molecule has 1 spiro atoms. The summed E-state index contributed by atoms with van der Waals surface area (Å²) in [4.78, 5) is 0. The van der Waals surface area contributed by atoms with E-state index in [1.807, 2.05) is 0 Å². The van der Waals surface area contributed by atoms with Gasteiger partial charge < -0.3 is 5.73 Å². The van der Waals surface area contributed by atoms with Gasteiger partial charge in [0.2, 0.25) is 0 Å². The van der Waals surface area contributed by atoms with Gasteiger partial charge in [0.05, 0.1) is 0 Å². The highest BCUT2D eigenvalue weighted by molar-refractivity contribution is 4.94. The number of nitrogens with two attached hydrogens (primary N) is 1. The van der Waals surface area contributed by atoms with Crippen molar-refractivity contribution in [3.8, 4) is 0 Å². The fraction of sp³-hybridized carbons (Fsp3) is 1.00. The van der Waals surface area contributed by atoms with Crippen molar-refractivity contribution in [2.24, 2.45) is 17.1 Å². The first-order valence-corrected chi connectivity index (χ1v) is 5.55. The standard InChI is InChI=1S/C11H21N/c12-9-10-7-11(8-10)5-3-1-2-4-6-11/h10H,1-9,12H2. The van der Waals surface area contributed by atoms with Crippen LogP contribution in [-0.4, -0.2) is 6.54 Å². The van der Waals surface area contributed by atoms with Crippen molar-refractivity contribution in [3.63, 3.8) is 0 Å². The molecule has 0 saturated heterocycles. The van der Waals surface area contributed by atoms with Crippen molar-refractivity contribution in [2.75, 3.05) is 6.54 Å². The minimum atomic E-state index is 0.778. The van der Waals surface area contributed by atoms with Gasteiger partial charge in [-0.05, 0) is 43.6 Å². The summed E-state index contributed by atoms with van der Waals surface area (Å²) in [5.41, 5.74) is 6.44. The molecule has 2 aliphatic carbocycles. The highest BCUT2D eigenvalue weighted by Crippen LogP contribution is 2.53. The van der Waals surface area contributed by atoms with Crippen LogP contribution in [0.2, 0.25) is 0 Å². The summed E-state index contributed by atoms with van der Waals surface area (Å²) in [5, 5.41) is 0. The van der Waals surface area contributed by atoms with E-state index in [0.717, 1.165) is 17.9 Å². The Balaban J connectivity index is 1.86. The maximum atomic E-state index is 5.66. The molecule has 0 aromatic carbocycles. The molecule has 1 nitrogen and oxygen atoms in total. The fourth-order valence-corrected chi connectivity index (χ4v) is 3.22. The molecule has 0 amide bonds. The second kappa shape index (κ2) is 3.37. The minimum Gasteiger partial charge on any atom is -0.330 e. The van der Waals surface area contributed by atoms with Crippen LogP contribution in [0.3, 0.4) is 0 Å². The highest BCUT2D eigenvalue weighted by Gasteiger charge is 2.42. The van der Waals surface area contributed by atoms with E-state index in [2.05, 4.69) is 0 Å². The Kier molecular flexibility index (Phi) is 2.40.